The third-order valence-corrected chi connectivity index (χ3v) is 2.13. The summed E-state index contributed by atoms with van der Waals surface area (Å²) in [5, 5.41) is 0. The van der Waals surface area contributed by atoms with Gasteiger partial charge in [-0.1, -0.05) is 0 Å². The van der Waals surface area contributed by atoms with Crippen molar-refractivity contribution in [2.75, 3.05) is 26.8 Å². The van der Waals surface area contributed by atoms with Crippen molar-refractivity contribution in [2.45, 2.75) is 13.3 Å². The first-order valence-corrected chi connectivity index (χ1v) is 3.98. The van der Waals surface area contributed by atoms with Gasteiger partial charge in [0.25, 0.3) is 0 Å². The Labute approximate surface area is 67.3 Å². The molecule has 1 heterocycles. The predicted octanol–water partition coefficient (Wildman–Crippen LogP) is 0.501. The van der Waals surface area contributed by atoms with Crippen LogP contribution in [0.3, 0.4) is 0 Å². The lowest BCUT2D eigenvalue weighted by molar-refractivity contribution is -0.127. The minimum absolute atomic E-state index is 0.184. The maximum Gasteiger partial charge on any atom is 0.219 e. The van der Waals surface area contributed by atoms with E-state index >= 15 is 0 Å². The van der Waals surface area contributed by atoms with Gasteiger partial charge in [-0.15, -0.1) is 0 Å². The minimum atomic E-state index is 0.184. The van der Waals surface area contributed by atoms with E-state index < -0.39 is 0 Å². The third-order valence-electron chi connectivity index (χ3n) is 2.13. The van der Waals surface area contributed by atoms with Crippen molar-refractivity contribution >= 4 is 5.91 Å². The van der Waals surface area contributed by atoms with Gasteiger partial charge < -0.3 is 9.64 Å². The molecule has 1 saturated heterocycles. The minimum Gasteiger partial charge on any atom is -0.384 e. The molecular formula is C8H15NO2. The Balaban J connectivity index is 2.29. The molecule has 0 bridgehead atoms. The molecule has 1 aliphatic heterocycles. The first-order valence-electron chi connectivity index (χ1n) is 3.98. The Hall–Kier alpha value is -0.570. The quantitative estimate of drug-likeness (QED) is 0.584. The van der Waals surface area contributed by atoms with Crippen LogP contribution in [0.2, 0.25) is 0 Å². The molecule has 11 heavy (non-hydrogen) atoms. The van der Waals surface area contributed by atoms with Crippen molar-refractivity contribution < 1.29 is 9.53 Å². The maximum absolute atomic E-state index is 10.9. The van der Waals surface area contributed by atoms with Gasteiger partial charge in [-0.2, -0.15) is 0 Å². The number of ether oxygens (including phenoxy) is 1. The van der Waals surface area contributed by atoms with E-state index in [4.69, 9.17) is 4.74 Å². The summed E-state index contributed by atoms with van der Waals surface area (Å²) in [6.45, 7) is 4.19. The number of carbonyl (C=O) groups is 1. The van der Waals surface area contributed by atoms with Crippen LogP contribution in [0.4, 0.5) is 0 Å². The fourth-order valence-corrected chi connectivity index (χ4v) is 1.49. The Morgan fingerprint density at radius 1 is 1.73 bits per heavy atom. The van der Waals surface area contributed by atoms with Crippen molar-refractivity contribution in [3.63, 3.8) is 0 Å². The predicted molar refractivity (Wildman–Crippen MR) is 42.2 cm³/mol. The first kappa shape index (κ1) is 8.53. The lowest BCUT2D eigenvalue weighted by Gasteiger charge is -2.12. The van der Waals surface area contributed by atoms with Crippen LogP contribution in [0.25, 0.3) is 0 Å². The summed E-state index contributed by atoms with van der Waals surface area (Å²) in [5.74, 6) is 0.743. The lowest BCUT2D eigenvalue weighted by Crippen LogP contribution is -2.26. The summed E-state index contributed by atoms with van der Waals surface area (Å²) in [4.78, 5) is 12.8. The Morgan fingerprint density at radius 3 is 2.91 bits per heavy atom. The van der Waals surface area contributed by atoms with Crippen LogP contribution < -0.4 is 0 Å². The zero-order valence-corrected chi connectivity index (χ0v) is 7.17. The highest BCUT2D eigenvalue weighted by molar-refractivity contribution is 5.73. The van der Waals surface area contributed by atoms with E-state index in [0.29, 0.717) is 5.92 Å². The third kappa shape index (κ3) is 2.19. The van der Waals surface area contributed by atoms with Gasteiger partial charge in [-0.3, -0.25) is 4.79 Å². The van der Waals surface area contributed by atoms with E-state index in [1.165, 1.54) is 0 Å². The molecule has 0 aromatic heterocycles. The van der Waals surface area contributed by atoms with E-state index in [-0.39, 0.29) is 5.91 Å². The van der Waals surface area contributed by atoms with Gasteiger partial charge in [0.15, 0.2) is 0 Å². The fraction of sp³-hybridized carbons (Fsp3) is 0.875. The Bertz CT molecular complexity index is 147. The number of nitrogens with zero attached hydrogens (tertiary/aromatic N) is 1. The smallest absolute Gasteiger partial charge is 0.219 e. The average molecular weight is 157 g/mol. The summed E-state index contributed by atoms with van der Waals surface area (Å²) in [6, 6.07) is 0. The highest BCUT2D eigenvalue weighted by Crippen LogP contribution is 2.15. The summed E-state index contributed by atoms with van der Waals surface area (Å²) < 4.78 is 5.02. The van der Waals surface area contributed by atoms with E-state index in [2.05, 4.69) is 0 Å². The van der Waals surface area contributed by atoms with Crippen LogP contribution >= 0.6 is 0 Å². The number of hydrogen-bond acceptors (Lipinski definition) is 2. The van der Waals surface area contributed by atoms with Gasteiger partial charge in [-0.25, -0.2) is 0 Å². The average Bonchev–Trinajstić information content (AvgIpc) is 2.37. The molecule has 0 radical (unpaired) electrons. The Morgan fingerprint density at radius 2 is 2.45 bits per heavy atom. The fourth-order valence-electron chi connectivity index (χ4n) is 1.49. The number of methoxy groups -OCH3 is 1. The molecule has 0 spiro atoms. The van der Waals surface area contributed by atoms with Crippen molar-refractivity contribution in [1.82, 2.24) is 4.90 Å². The van der Waals surface area contributed by atoms with Crippen LogP contribution in [-0.2, 0) is 9.53 Å². The molecule has 3 heteroatoms. The lowest BCUT2D eigenvalue weighted by atomic mass is 10.1. The molecule has 0 saturated carbocycles. The Kier molecular flexibility index (Phi) is 2.88. The van der Waals surface area contributed by atoms with E-state index in [0.717, 1.165) is 26.1 Å². The van der Waals surface area contributed by atoms with Crippen molar-refractivity contribution in [1.29, 1.82) is 0 Å². The van der Waals surface area contributed by atoms with E-state index in [9.17, 15) is 4.79 Å². The molecule has 0 N–H and O–H groups in total. The second-order valence-corrected chi connectivity index (χ2v) is 3.08. The molecule has 0 aromatic rings. The first-order chi connectivity index (χ1) is 5.24. The highest BCUT2D eigenvalue weighted by atomic mass is 16.5. The van der Waals surface area contributed by atoms with E-state index in [1.807, 2.05) is 4.90 Å². The zero-order chi connectivity index (χ0) is 8.27. The summed E-state index contributed by atoms with van der Waals surface area (Å²) in [7, 11) is 1.70. The number of amides is 1. The van der Waals surface area contributed by atoms with E-state index in [1.54, 1.807) is 14.0 Å². The molecule has 1 rings (SSSR count). The number of likely N-dealkylation sites (tertiary alicyclic amines) is 1. The second kappa shape index (κ2) is 3.72. The largest absolute Gasteiger partial charge is 0.384 e. The highest BCUT2D eigenvalue weighted by Gasteiger charge is 2.23. The van der Waals surface area contributed by atoms with Crippen LogP contribution in [0.5, 0.6) is 0 Å². The maximum atomic E-state index is 10.9. The van der Waals surface area contributed by atoms with Crippen molar-refractivity contribution in [3.05, 3.63) is 0 Å². The van der Waals surface area contributed by atoms with Crippen LogP contribution in [0.15, 0.2) is 0 Å². The van der Waals surface area contributed by atoms with Gasteiger partial charge >= 0.3 is 0 Å². The number of rotatable bonds is 2. The summed E-state index contributed by atoms with van der Waals surface area (Å²) in [5.41, 5.74) is 0. The van der Waals surface area contributed by atoms with Gasteiger partial charge in [0.2, 0.25) is 5.91 Å². The van der Waals surface area contributed by atoms with Crippen molar-refractivity contribution in [3.8, 4) is 0 Å². The molecule has 0 aromatic carbocycles. The molecule has 64 valence electrons. The summed E-state index contributed by atoms with van der Waals surface area (Å²) in [6.07, 6.45) is 1.09. The molecule has 1 unspecified atom stereocenters. The monoisotopic (exact) mass is 157 g/mol. The number of carbonyl (C=O) groups excluding carboxylic acids is 1. The molecule has 1 amide bonds. The zero-order valence-electron chi connectivity index (χ0n) is 7.17. The molecule has 1 atom stereocenters. The summed E-state index contributed by atoms with van der Waals surface area (Å²) >= 11 is 0. The van der Waals surface area contributed by atoms with Crippen LogP contribution in [-0.4, -0.2) is 37.6 Å². The normalized spacial score (nSPS) is 24.2. The van der Waals surface area contributed by atoms with Crippen LogP contribution in [0.1, 0.15) is 13.3 Å². The molecular weight excluding hydrogens is 142 g/mol. The van der Waals surface area contributed by atoms with Gasteiger partial charge in [0, 0.05) is 33.0 Å². The number of hydrogen-bond donors (Lipinski definition) is 0. The van der Waals surface area contributed by atoms with Gasteiger partial charge in [-0.05, 0) is 6.42 Å². The van der Waals surface area contributed by atoms with Crippen molar-refractivity contribution in [2.24, 2.45) is 5.92 Å². The standard InChI is InChI=1S/C8H15NO2/c1-7(10)9-4-3-8(5-9)6-11-2/h8H,3-6H2,1-2H3. The molecule has 1 aliphatic rings. The molecule has 0 aliphatic carbocycles. The van der Waals surface area contributed by atoms with Gasteiger partial charge in [0.05, 0.1) is 6.61 Å². The second-order valence-electron chi connectivity index (χ2n) is 3.08. The molecule has 3 nitrogen and oxygen atoms in total. The van der Waals surface area contributed by atoms with Gasteiger partial charge in [0.1, 0.15) is 0 Å². The molecule has 1 fully saturated rings. The topological polar surface area (TPSA) is 29.5 Å². The SMILES string of the molecule is COCC1CCN(C(C)=O)C1. The van der Waals surface area contributed by atoms with Crippen LogP contribution in [0, 0.1) is 5.92 Å².